The van der Waals surface area contributed by atoms with Crippen LogP contribution in [0.4, 0.5) is 10.3 Å². The predicted molar refractivity (Wildman–Crippen MR) is 70.5 cm³/mol. The lowest BCUT2D eigenvalue weighted by Gasteiger charge is -2.16. The zero-order valence-corrected chi connectivity index (χ0v) is 10.8. The van der Waals surface area contributed by atoms with E-state index in [1.54, 1.807) is 12.1 Å². The average molecular weight is 266 g/mol. The maximum absolute atomic E-state index is 13.2. The summed E-state index contributed by atoms with van der Waals surface area (Å²) < 4.78 is 15.3. The number of nitrogens with zero attached hydrogens (tertiary/aromatic N) is 2. The molecule has 0 radical (unpaired) electrons. The number of benzene rings is 1. The number of nitrogens with one attached hydrogen (secondary N) is 1. The van der Waals surface area contributed by atoms with Gasteiger partial charge in [0, 0.05) is 24.3 Å². The smallest absolute Gasteiger partial charge is 0.203 e. The van der Waals surface area contributed by atoms with Crippen LogP contribution in [0.2, 0.25) is 5.02 Å². The van der Waals surface area contributed by atoms with E-state index < -0.39 is 5.82 Å². The van der Waals surface area contributed by atoms with Crippen molar-refractivity contribution in [3.63, 3.8) is 0 Å². The molecule has 0 aliphatic carbocycles. The Morgan fingerprint density at radius 3 is 3.00 bits per heavy atom. The number of halogens is 2. The van der Waals surface area contributed by atoms with Crippen LogP contribution in [0.15, 0.2) is 18.2 Å². The molecular weight excluding hydrogens is 253 g/mol. The van der Waals surface area contributed by atoms with Gasteiger partial charge in [0.2, 0.25) is 5.95 Å². The van der Waals surface area contributed by atoms with Crippen molar-refractivity contribution in [1.82, 2.24) is 9.55 Å². The van der Waals surface area contributed by atoms with Gasteiger partial charge < -0.3 is 9.88 Å². The first-order valence-electron chi connectivity index (χ1n) is 5.93. The SMILES string of the molecule is Cc1c(-c2ccc(F)c(Cl)c2)nc2n1CCCN2. The van der Waals surface area contributed by atoms with Crippen LogP contribution in [0.25, 0.3) is 11.3 Å². The van der Waals surface area contributed by atoms with Crippen molar-refractivity contribution in [3.05, 3.63) is 34.7 Å². The number of imidazole rings is 1. The van der Waals surface area contributed by atoms with Crippen LogP contribution in [0, 0.1) is 12.7 Å². The van der Waals surface area contributed by atoms with Crippen molar-refractivity contribution in [2.45, 2.75) is 19.9 Å². The molecule has 1 aliphatic rings. The topological polar surface area (TPSA) is 29.9 Å². The fraction of sp³-hybridized carbons (Fsp3) is 0.308. The third-order valence-electron chi connectivity index (χ3n) is 3.26. The van der Waals surface area contributed by atoms with Crippen molar-refractivity contribution in [1.29, 1.82) is 0 Å². The zero-order chi connectivity index (χ0) is 12.7. The van der Waals surface area contributed by atoms with E-state index in [4.69, 9.17) is 11.6 Å². The lowest BCUT2D eigenvalue weighted by molar-refractivity contribution is 0.615. The highest BCUT2D eigenvalue weighted by atomic mass is 35.5. The standard InChI is InChI=1S/C13H13ClFN3/c1-8-12(9-3-4-11(15)10(14)7-9)17-13-16-5-2-6-18(8)13/h3-4,7H,2,5-6H2,1H3,(H,16,17). The molecule has 0 saturated heterocycles. The number of rotatable bonds is 1. The lowest BCUT2D eigenvalue weighted by Crippen LogP contribution is -2.17. The van der Waals surface area contributed by atoms with E-state index in [2.05, 4.69) is 14.9 Å². The first kappa shape index (κ1) is 11.5. The molecule has 0 bridgehead atoms. The summed E-state index contributed by atoms with van der Waals surface area (Å²) in [4.78, 5) is 4.56. The maximum Gasteiger partial charge on any atom is 0.203 e. The molecule has 94 valence electrons. The molecule has 3 nitrogen and oxygen atoms in total. The molecule has 1 aromatic carbocycles. The molecular formula is C13H13ClFN3. The quantitative estimate of drug-likeness (QED) is 0.856. The summed E-state index contributed by atoms with van der Waals surface area (Å²) >= 11 is 5.82. The van der Waals surface area contributed by atoms with Crippen molar-refractivity contribution in [2.24, 2.45) is 0 Å². The molecule has 0 fully saturated rings. The van der Waals surface area contributed by atoms with E-state index in [9.17, 15) is 4.39 Å². The first-order chi connectivity index (χ1) is 8.66. The van der Waals surface area contributed by atoms with E-state index in [0.29, 0.717) is 0 Å². The summed E-state index contributed by atoms with van der Waals surface area (Å²) in [5.41, 5.74) is 2.80. The van der Waals surface area contributed by atoms with Gasteiger partial charge in [0.1, 0.15) is 5.82 Å². The van der Waals surface area contributed by atoms with Gasteiger partial charge in [-0.25, -0.2) is 9.37 Å². The van der Waals surface area contributed by atoms with Gasteiger partial charge in [-0.1, -0.05) is 11.6 Å². The minimum Gasteiger partial charge on any atom is -0.356 e. The Bertz CT molecular complexity index is 607. The number of hydrogen-bond donors (Lipinski definition) is 1. The highest BCUT2D eigenvalue weighted by Crippen LogP contribution is 2.30. The van der Waals surface area contributed by atoms with E-state index >= 15 is 0 Å². The third kappa shape index (κ3) is 1.77. The number of anilines is 1. The highest BCUT2D eigenvalue weighted by molar-refractivity contribution is 6.31. The van der Waals surface area contributed by atoms with Crippen LogP contribution in [0.5, 0.6) is 0 Å². The second-order valence-electron chi connectivity index (χ2n) is 4.43. The number of hydrogen-bond acceptors (Lipinski definition) is 2. The molecule has 1 aromatic heterocycles. The maximum atomic E-state index is 13.2. The summed E-state index contributed by atoms with van der Waals surface area (Å²) in [6.45, 7) is 3.94. The van der Waals surface area contributed by atoms with Crippen LogP contribution in [0.3, 0.4) is 0 Å². The lowest BCUT2D eigenvalue weighted by atomic mass is 10.1. The van der Waals surface area contributed by atoms with Crippen molar-refractivity contribution in [3.8, 4) is 11.3 Å². The van der Waals surface area contributed by atoms with E-state index in [0.717, 1.165) is 42.4 Å². The summed E-state index contributed by atoms with van der Waals surface area (Å²) in [7, 11) is 0. The molecule has 18 heavy (non-hydrogen) atoms. The van der Waals surface area contributed by atoms with Gasteiger partial charge in [0.05, 0.1) is 10.7 Å². The molecule has 1 aliphatic heterocycles. The Morgan fingerprint density at radius 1 is 1.44 bits per heavy atom. The van der Waals surface area contributed by atoms with Crippen LogP contribution in [-0.4, -0.2) is 16.1 Å². The predicted octanol–water partition coefficient (Wildman–Crippen LogP) is 3.47. The molecule has 0 amide bonds. The Hall–Kier alpha value is -1.55. The summed E-state index contributed by atoms with van der Waals surface area (Å²) in [6, 6.07) is 4.71. The molecule has 0 atom stereocenters. The molecule has 2 aromatic rings. The van der Waals surface area contributed by atoms with E-state index in [1.165, 1.54) is 6.07 Å². The normalized spacial score (nSPS) is 14.2. The van der Waals surface area contributed by atoms with Gasteiger partial charge in [-0.05, 0) is 31.5 Å². The minimum absolute atomic E-state index is 0.130. The fourth-order valence-corrected chi connectivity index (χ4v) is 2.48. The summed E-state index contributed by atoms with van der Waals surface area (Å²) in [5.74, 6) is 0.481. The minimum atomic E-state index is -0.403. The zero-order valence-electron chi connectivity index (χ0n) is 10.0. The molecule has 0 unspecified atom stereocenters. The van der Waals surface area contributed by atoms with Gasteiger partial charge in [-0.15, -0.1) is 0 Å². The second-order valence-corrected chi connectivity index (χ2v) is 4.84. The van der Waals surface area contributed by atoms with Gasteiger partial charge in [-0.3, -0.25) is 0 Å². The summed E-state index contributed by atoms with van der Waals surface area (Å²) in [5, 5.41) is 3.39. The highest BCUT2D eigenvalue weighted by Gasteiger charge is 2.18. The molecule has 1 N–H and O–H groups in total. The van der Waals surface area contributed by atoms with E-state index in [-0.39, 0.29) is 5.02 Å². The molecule has 3 rings (SSSR count). The molecule has 5 heteroatoms. The van der Waals surface area contributed by atoms with E-state index in [1.807, 2.05) is 6.92 Å². The second kappa shape index (κ2) is 4.28. The molecule has 2 heterocycles. The van der Waals surface area contributed by atoms with Crippen molar-refractivity contribution in [2.75, 3.05) is 11.9 Å². The Labute approximate surface area is 110 Å². The van der Waals surface area contributed by atoms with Crippen LogP contribution in [0.1, 0.15) is 12.1 Å². The van der Waals surface area contributed by atoms with Crippen LogP contribution in [-0.2, 0) is 6.54 Å². The fourth-order valence-electron chi connectivity index (χ4n) is 2.30. The monoisotopic (exact) mass is 265 g/mol. The van der Waals surface area contributed by atoms with Gasteiger partial charge >= 0.3 is 0 Å². The first-order valence-corrected chi connectivity index (χ1v) is 6.31. The Balaban J connectivity index is 2.11. The molecule has 0 spiro atoms. The third-order valence-corrected chi connectivity index (χ3v) is 3.55. The number of fused-ring (bicyclic) bond motifs is 1. The van der Waals surface area contributed by atoms with Gasteiger partial charge in [-0.2, -0.15) is 0 Å². The average Bonchev–Trinajstić information content (AvgIpc) is 2.71. The van der Waals surface area contributed by atoms with Gasteiger partial charge in [0.25, 0.3) is 0 Å². The van der Waals surface area contributed by atoms with Crippen LogP contribution >= 0.6 is 11.6 Å². The van der Waals surface area contributed by atoms with Crippen molar-refractivity contribution < 1.29 is 4.39 Å². The van der Waals surface area contributed by atoms with Crippen molar-refractivity contribution >= 4 is 17.5 Å². The Kier molecular flexibility index (Phi) is 2.74. The summed E-state index contributed by atoms with van der Waals surface area (Å²) in [6.07, 6.45) is 1.09. The van der Waals surface area contributed by atoms with Crippen LogP contribution < -0.4 is 5.32 Å². The largest absolute Gasteiger partial charge is 0.356 e. The molecule has 0 saturated carbocycles. The Morgan fingerprint density at radius 2 is 2.28 bits per heavy atom. The van der Waals surface area contributed by atoms with Gasteiger partial charge in [0.15, 0.2) is 0 Å². The number of aromatic nitrogens is 2.